The van der Waals surface area contributed by atoms with Crippen molar-refractivity contribution in [1.29, 1.82) is 0 Å². The molecule has 1 N–H and O–H groups in total. The molecule has 0 bridgehead atoms. The highest BCUT2D eigenvalue weighted by molar-refractivity contribution is 7.90. The number of aryl methyl sites for hydroxylation is 1. The molecule has 0 saturated carbocycles. The monoisotopic (exact) mass is 316 g/mol. The molecule has 1 aliphatic rings. The van der Waals surface area contributed by atoms with Gasteiger partial charge in [0.05, 0.1) is 10.6 Å². The van der Waals surface area contributed by atoms with Gasteiger partial charge in [0.1, 0.15) is 0 Å². The number of sulfone groups is 1. The molecule has 0 aliphatic carbocycles. The van der Waals surface area contributed by atoms with Gasteiger partial charge in [0.15, 0.2) is 9.84 Å². The summed E-state index contributed by atoms with van der Waals surface area (Å²) in [5, 5.41) is 9.87. The maximum Gasteiger partial charge on any atom is 0.491 e. The molecule has 3 rings (SSSR count). The van der Waals surface area contributed by atoms with Crippen LogP contribution in [0.3, 0.4) is 0 Å². The summed E-state index contributed by atoms with van der Waals surface area (Å²) in [5.74, 6) is -0.0869. The summed E-state index contributed by atoms with van der Waals surface area (Å²) in [6, 6.07) is 12.3. The molecule has 114 valence electrons. The van der Waals surface area contributed by atoms with Crippen LogP contribution in [-0.4, -0.2) is 27.2 Å². The van der Waals surface area contributed by atoms with E-state index >= 15 is 0 Å². The highest BCUT2D eigenvalue weighted by atomic mass is 32.2. The summed E-state index contributed by atoms with van der Waals surface area (Å²) in [4.78, 5) is 0.321. The van der Waals surface area contributed by atoms with Gasteiger partial charge in [-0.25, -0.2) is 8.42 Å². The van der Waals surface area contributed by atoms with Crippen LogP contribution >= 0.6 is 0 Å². The first kappa shape index (κ1) is 15.3. The Morgan fingerprint density at radius 2 is 2.05 bits per heavy atom. The van der Waals surface area contributed by atoms with Gasteiger partial charge < -0.3 is 9.68 Å². The van der Waals surface area contributed by atoms with Gasteiger partial charge in [-0.05, 0) is 47.6 Å². The van der Waals surface area contributed by atoms with Gasteiger partial charge >= 0.3 is 7.12 Å². The first-order valence-electron chi connectivity index (χ1n) is 7.16. The molecule has 0 saturated heterocycles. The van der Waals surface area contributed by atoms with Crippen molar-refractivity contribution in [2.24, 2.45) is 0 Å². The van der Waals surface area contributed by atoms with Crippen molar-refractivity contribution in [2.75, 3.05) is 6.61 Å². The van der Waals surface area contributed by atoms with E-state index in [2.05, 4.69) is 0 Å². The Morgan fingerprint density at radius 1 is 1.23 bits per heavy atom. The first-order valence-corrected chi connectivity index (χ1v) is 8.82. The largest absolute Gasteiger partial charge is 0.491 e. The molecular weight excluding hydrogens is 299 g/mol. The normalized spacial score (nSPS) is 14.7. The van der Waals surface area contributed by atoms with Crippen molar-refractivity contribution in [3.63, 3.8) is 0 Å². The van der Waals surface area contributed by atoms with Crippen LogP contribution < -0.4 is 5.46 Å². The minimum absolute atomic E-state index is 0.0869. The minimum atomic E-state index is -3.40. The molecule has 22 heavy (non-hydrogen) atoms. The number of hydrogen-bond acceptors (Lipinski definition) is 4. The Hall–Kier alpha value is -1.63. The third kappa shape index (κ3) is 3.09. The fourth-order valence-electron chi connectivity index (χ4n) is 2.67. The standard InChI is InChI=1S/C16H17BO4S/c1-12-3-2-4-15(9-12)22(19,20)11-13-5-6-14-7-8-21-17(18)16(14)10-13/h2-6,9-10,18H,7-8,11H2,1H3. The average molecular weight is 316 g/mol. The molecule has 0 amide bonds. The Morgan fingerprint density at radius 3 is 2.82 bits per heavy atom. The Bertz CT molecular complexity index is 802. The van der Waals surface area contributed by atoms with Crippen molar-refractivity contribution in [3.05, 3.63) is 59.2 Å². The number of benzene rings is 2. The van der Waals surface area contributed by atoms with Crippen LogP contribution in [0.1, 0.15) is 16.7 Å². The van der Waals surface area contributed by atoms with Gasteiger partial charge in [0, 0.05) is 6.61 Å². The Kier molecular flexibility index (Phi) is 4.08. The molecular formula is C16H17BO4S. The zero-order valence-electron chi connectivity index (χ0n) is 12.3. The number of hydrogen-bond donors (Lipinski definition) is 1. The molecule has 1 aliphatic heterocycles. The van der Waals surface area contributed by atoms with Crippen molar-refractivity contribution in [1.82, 2.24) is 0 Å². The fourth-order valence-corrected chi connectivity index (χ4v) is 4.11. The molecule has 2 aromatic rings. The van der Waals surface area contributed by atoms with Crippen LogP contribution in [0, 0.1) is 6.92 Å². The second-order valence-corrected chi connectivity index (χ2v) is 7.57. The van der Waals surface area contributed by atoms with E-state index in [9.17, 15) is 13.4 Å². The van der Waals surface area contributed by atoms with Crippen molar-refractivity contribution >= 4 is 22.4 Å². The lowest BCUT2D eigenvalue weighted by Crippen LogP contribution is -2.41. The van der Waals surface area contributed by atoms with Gasteiger partial charge in [-0.15, -0.1) is 0 Å². The van der Waals surface area contributed by atoms with Crippen LogP contribution in [-0.2, 0) is 26.7 Å². The topological polar surface area (TPSA) is 63.6 Å². The fraction of sp³-hybridized carbons (Fsp3) is 0.250. The summed E-state index contributed by atoms with van der Waals surface area (Å²) in [6.07, 6.45) is 0.733. The minimum Gasteiger partial charge on any atom is -0.423 e. The summed E-state index contributed by atoms with van der Waals surface area (Å²) >= 11 is 0. The second-order valence-electron chi connectivity index (χ2n) is 5.58. The third-order valence-corrected chi connectivity index (χ3v) is 5.51. The van der Waals surface area contributed by atoms with Crippen molar-refractivity contribution in [3.8, 4) is 0 Å². The van der Waals surface area contributed by atoms with E-state index in [1.54, 1.807) is 24.3 Å². The van der Waals surface area contributed by atoms with Gasteiger partial charge in [0.2, 0.25) is 0 Å². The van der Waals surface area contributed by atoms with E-state index in [1.165, 1.54) is 0 Å². The van der Waals surface area contributed by atoms with Crippen LogP contribution in [0.15, 0.2) is 47.4 Å². The van der Waals surface area contributed by atoms with E-state index in [-0.39, 0.29) is 5.75 Å². The van der Waals surface area contributed by atoms with E-state index < -0.39 is 17.0 Å². The zero-order valence-corrected chi connectivity index (χ0v) is 13.1. The Labute approximate surface area is 130 Å². The van der Waals surface area contributed by atoms with E-state index in [4.69, 9.17) is 4.65 Å². The van der Waals surface area contributed by atoms with E-state index in [0.717, 1.165) is 17.5 Å². The van der Waals surface area contributed by atoms with Crippen LogP contribution in [0.4, 0.5) is 0 Å². The van der Waals surface area contributed by atoms with E-state index in [1.807, 2.05) is 25.1 Å². The molecule has 4 nitrogen and oxygen atoms in total. The summed E-state index contributed by atoms with van der Waals surface area (Å²) in [6.45, 7) is 2.35. The number of rotatable bonds is 3. The smallest absolute Gasteiger partial charge is 0.423 e. The highest BCUT2D eigenvalue weighted by Crippen LogP contribution is 2.18. The lowest BCUT2D eigenvalue weighted by Gasteiger charge is -2.19. The van der Waals surface area contributed by atoms with Crippen molar-refractivity contribution in [2.45, 2.75) is 24.0 Å². The van der Waals surface area contributed by atoms with Crippen LogP contribution in [0.2, 0.25) is 0 Å². The zero-order chi connectivity index (χ0) is 15.7. The lowest BCUT2D eigenvalue weighted by atomic mass is 9.73. The molecule has 2 aromatic carbocycles. The highest BCUT2D eigenvalue weighted by Gasteiger charge is 2.25. The molecule has 0 unspecified atom stereocenters. The molecule has 0 radical (unpaired) electrons. The molecule has 1 heterocycles. The molecule has 6 heteroatoms. The molecule has 0 aromatic heterocycles. The van der Waals surface area contributed by atoms with Gasteiger partial charge in [-0.2, -0.15) is 0 Å². The van der Waals surface area contributed by atoms with Gasteiger partial charge in [0.25, 0.3) is 0 Å². The quantitative estimate of drug-likeness (QED) is 0.865. The second kappa shape index (κ2) is 5.87. The lowest BCUT2D eigenvalue weighted by molar-refractivity contribution is 0.266. The average Bonchev–Trinajstić information content (AvgIpc) is 2.48. The molecule has 0 spiro atoms. The van der Waals surface area contributed by atoms with Crippen LogP contribution in [0.25, 0.3) is 0 Å². The van der Waals surface area contributed by atoms with Crippen molar-refractivity contribution < 1.29 is 18.1 Å². The summed E-state index contributed by atoms with van der Waals surface area (Å²) in [5.41, 5.74) is 3.25. The first-order chi connectivity index (χ1) is 10.5. The Balaban J connectivity index is 1.91. The predicted octanol–water partition coefficient (Wildman–Crippen LogP) is 1.23. The van der Waals surface area contributed by atoms with Crippen LogP contribution in [0.5, 0.6) is 0 Å². The predicted molar refractivity (Wildman–Crippen MR) is 85.8 cm³/mol. The van der Waals surface area contributed by atoms with Gasteiger partial charge in [-0.3, -0.25) is 0 Å². The van der Waals surface area contributed by atoms with Gasteiger partial charge in [-0.1, -0.05) is 30.3 Å². The summed E-state index contributed by atoms with van der Waals surface area (Å²) < 4.78 is 30.2. The maximum atomic E-state index is 12.5. The SMILES string of the molecule is Cc1cccc(S(=O)(=O)Cc2ccc3c(c2)B(O)OCC3)c1. The third-order valence-electron chi connectivity index (χ3n) is 3.83. The number of fused-ring (bicyclic) bond motifs is 1. The molecule has 0 fully saturated rings. The van der Waals surface area contributed by atoms with E-state index in [0.29, 0.717) is 22.5 Å². The summed E-state index contributed by atoms with van der Waals surface area (Å²) in [7, 11) is -4.37. The maximum absolute atomic E-state index is 12.5. The molecule has 0 atom stereocenters.